The van der Waals surface area contributed by atoms with Crippen LogP contribution in [0, 0.1) is 0 Å². The van der Waals surface area contributed by atoms with Crippen molar-refractivity contribution in [2.75, 3.05) is 5.32 Å². The molecule has 0 saturated carbocycles. The number of carbonyl (C=O) groups is 1. The Labute approximate surface area is 131 Å². The Morgan fingerprint density at radius 1 is 1.43 bits per heavy atom. The lowest BCUT2D eigenvalue weighted by molar-refractivity contribution is 0.0644. The zero-order valence-electron chi connectivity index (χ0n) is 12.5. The van der Waals surface area contributed by atoms with Crippen molar-refractivity contribution in [1.82, 2.24) is 9.78 Å². The second kappa shape index (κ2) is 5.98. The summed E-state index contributed by atoms with van der Waals surface area (Å²) in [5, 5.41) is 16.1. The summed E-state index contributed by atoms with van der Waals surface area (Å²) in [5.41, 5.74) is 1.92. The van der Waals surface area contributed by atoms with E-state index in [2.05, 4.69) is 10.4 Å². The van der Waals surface area contributed by atoms with Gasteiger partial charge >= 0.3 is 5.97 Å². The smallest absolute Gasteiger partial charge is 0.341 e. The van der Waals surface area contributed by atoms with E-state index in [-0.39, 0.29) is 23.8 Å². The molecule has 0 spiro atoms. The van der Waals surface area contributed by atoms with Gasteiger partial charge in [0.2, 0.25) is 0 Å². The SMILES string of the molecule is CCc1ccc([C@@H]2C[C@H](C(F)F)n3ncc(C(=O)O)c3N2)cc1. The molecule has 2 heterocycles. The standard InChI is InChI=1S/C16H17F2N3O2/c1-2-9-3-5-10(6-4-9)12-7-13(14(17)18)21-15(20-12)11(8-19-21)16(22)23/h3-6,8,12-14,20H,2,7H2,1H3,(H,22,23)/t12-,13+/m0/s1. The fraction of sp³-hybridized carbons (Fsp3) is 0.375. The molecular formula is C16H17F2N3O2. The summed E-state index contributed by atoms with van der Waals surface area (Å²) in [6.45, 7) is 2.04. The molecule has 1 aromatic heterocycles. The number of alkyl halides is 2. The number of carboxylic acid groups (broad SMARTS) is 1. The van der Waals surface area contributed by atoms with Crippen LogP contribution < -0.4 is 5.32 Å². The molecular weight excluding hydrogens is 304 g/mol. The predicted octanol–water partition coefficient (Wildman–Crippen LogP) is 3.51. The molecule has 5 nitrogen and oxygen atoms in total. The Morgan fingerprint density at radius 2 is 2.13 bits per heavy atom. The molecule has 0 fully saturated rings. The second-order valence-electron chi connectivity index (χ2n) is 5.59. The number of aromatic carboxylic acids is 1. The molecule has 7 heteroatoms. The van der Waals surface area contributed by atoms with Crippen LogP contribution >= 0.6 is 0 Å². The molecule has 0 amide bonds. The van der Waals surface area contributed by atoms with Crippen molar-refractivity contribution in [2.24, 2.45) is 0 Å². The van der Waals surface area contributed by atoms with E-state index >= 15 is 0 Å². The lowest BCUT2D eigenvalue weighted by Crippen LogP contribution is -2.31. The number of rotatable bonds is 4. The largest absolute Gasteiger partial charge is 0.477 e. The van der Waals surface area contributed by atoms with E-state index in [1.807, 2.05) is 31.2 Å². The molecule has 0 unspecified atom stereocenters. The van der Waals surface area contributed by atoms with Gasteiger partial charge in [-0.3, -0.25) is 0 Å². The van der Waals surface area contributed by atoms with Gasteiger partial charge in [0, 0.05) is 0 Å². The molecule has 1 aliphatic rings. The van der Waals surface area contributed by atoms with Crippen LogP contribution in [0.2, 0.25) is 0 Å². The minimum atomic E-state index is -2.62. The number of aryl methyl sites for hydroxylation is 1. The average molecular weight is 321 g/mol. The van der Waals surface area contributed by atoms with Crippen LogP contribution in [0.3, 0.4) is 0 Å². The first-order chi connectivity index (χ1) is 11.0. The van der Waals surface area contributed by atoms with Gasteiger partial charge < -0.3 is 10.4 Å². The molecule has 1 aromatic carbocycles. The Hall–Kier alpha value is -2.44. The molecule has 0 bridgehead atoms. The fourth-order valence-electron chi connectivity index (χ4n) is 2.89. The summed E-state index contributed by atoms with van der Waals surface area (Å²) in [6.07, 6.45) is -0.456. The predicted molar refractivity (Wildman–Crippen MR) is 81.0 cm³/mol. The van der Waals surface area contributed by atoms with E-state index in [4.69, 9.17) is 0 Å². The number of anilines is 1. The summed E-state index contributed by atoms with van der Waals surface area (Å²) >= 11 is 0. The van der Waals surface area contributed by atoms with Crippen molar-refractivity contribution in [3.8, 4) is 0 Å². The van der Waals surface area contributed by atoms with Gasteiger partial charge in [0.25, 0.3) is 6.43 Å². The number of halogens is 2. The van der Waals surface area contributed by atoms with E-state index in [9.17, 15) is 18.7 Å². The molecule has 23 heavy (non-hydrogen) atoms. The maximum atomic E-state index is 13.4. The highest BCUT2D eigenvalue weighted by Gasteiger charge is 2.36. The Balaban J connectivity index is 1.98. The van der Waals surface area contributed by atoms with Crippen molar-refractivity contribution < 1.29 is 18.7 Å². The lowest BCUT2D eigenvalue weighted by Gasteiger charge is -2.32. The molecule has 0 aliphatic carbocycles. The summed E-state index contributed by atoms with van der Waals surface area (Å²) in [6, 6.07) is 6.19. The first-order valence-electron chi connectivity index (χ1n) is 7.45. The minimum Gasteiger partial charge on any atom is -0.477 e. The van der Waals surface area contributed by atoms with Gasteiger partial charge in [0.05, 0.1) is 12.2 Å². The van der Waals surface area contributed by atoms with Gasteiger partial charge in [-0.15, -0.1) is 0 Å². The van der Waals surface area contributed by atoms with Crippen LogP contribution in [0.15, 0.2) is 30.5 Å². The maximum absolute atomic E-state index is 13.4. The van der Waals surface area contributed by atoms with E-state index in [1.165, 1.54) is 0 Å². The summed E-state index contributed by atoms with van der Waals surface area (Å²) in [5.74, 6) is -1.05. The monoisotopic (exact) mass is 321 g/mol. The average Bonchev–Trinajstić information content (AvgIpc) is 2.98. The molecule has 0 saturated heterocycles. The first-order valence-corrected chi connectivity index (χ1v) is 7.45. The summed E-state index contributed by atoms with van der Waals surface area (Å²) < 4.78 is 27.9. The molecule has 0 radical (unpaired) electrons. The molecule has 1 aliphatic heterocycles. The lowest BCUT2D eigenvalue weighted by atomic mass is 9.96. The Morgan fingerprint density at radius 3 is 2.70 bits per heavy atom. The highest BCUT2D eigenvalue weighted by atomic mass is 19.3. The minimum absolute atomic E-state index is 0.0921. The Kier molecular flexibility index (Phi) is 4.02. The van der Waals surface area contributed by atoms with Crippen LogP contribution in [0.1, 0.15) is 46.9 Å². The van der Waals surface area contributed by atoms with Gasteiger partial charge in [0.15, 0.2) is 0 Å². The number of nitrogens with zero attached hydrogens (tertiary/aromatic N) is 2. The Bertz CT molecular complexity index is 713. The molecule has 122 valence electrons. The maximum Gasteiger partial charge on any atom is 0.341 e. The first kappa shape index (κ1) is 15.5. The van der Waals surface area contributed by atoms with Crippen LogP contribution in [-0.4, -0.2) is 27.3 Å². The van der Waals surface area contributed by atoms with Gasteiger partial charge in [-0.1, -0.05) is 31.2 Å². The fourth-order valence-corrected chi connectivity index (χ4v) is 2.89. The van der Waals surface area contributed by atoms with E-state index in [1.54, 1.807) is 0 Å². The second-order valence-corrected chi connectivity index (χ2v) is 5.59. The molecule has 2 atom stereocenters. The van der Waals surface area contributed by atoms with Crippen LogP contribution in [0.4, 0.5) is 14.6 Å². The van der Waals surface area contributed by atoms with Crippen LogP contribution in [0.5, 0.6) is 0 Å². The van der Waals surface area contributed by atoms with Gasteiger partial charge in [0.1, 0.15) is 17.4 Å². The number of aromatic nitrogens is 2. The topological polar surface area (TPSA) is 67.2 Å². The number of hydrogen-bond acceptors (Lipinski definition) is 3. The van der Waals surface area contributed by atoms with E-state index in [0.29, 0.717) is 0 Å². The van der Waals surface area contributed by atoms with Crippen molar-refractivity contribution >= 4 is 11.8 Å². The number of benzene rings is 1. The highest BCUT2D eigenvalue weighted by molar-refractivity contribution is 5.93. The summed E-state index contributed by atoms with van der Waals surface area (Å²) in [7, 11) is 0. The van der Waals surface area contributed by atoms with Crippen molar-refractivity contribution in [3.63, 3.8) is 0 Å². The van der Waals surface area contributed by atoms with Crippen molar-refractivity contribution in [2.45, 2.75) is 38.3 Å². The third-order valence-electron chi connectivity index (χ3n) is 4.21. The third kappa shape index (κ3) is 2.78. The quantitative estimate of drug-likeness (QED) is 0.904. The van der Waals surface area contributed by atoms with Gasteiger partial charge in [-0.25, -0.2) is 18.3 Å². The number of hydrogen-bond donors (Lipinski definition) is 2. The third-order valence-corrected chi connectivity index (χ3v) is 4.21. The van der Waals surface area contributed by atoms with Crippen LogP contribution in [-0.2, 0) is 6.42 Å². The zero-order chi connectivity index (χ0) is 16.6. The normalized spacial score (nSPS) is 20.2. The van der Waals surface area contributed by atoms with Crippen molar-refractivity contribution in [1.29, 1.82) is 0 Å². The number of nitrogens with one attached hydrogen (secondary N) is 1. The van der Waals surface area contributed by atoms with E-state index < -0.39 is 18.4 Å². The zero-order valence-corrected chi connectivity index (χ0v) is 12.5. The summed E-state index contributed by atoms with van der Waals surface area (Å²) in [4.78, 5) is 11.3. The molecule has 2 N–H and O–H groups in total. The van der Waals surface area contributed by atoms with Gasteiger partial charge in [-0.2, -0.15) is 5.10 Å². The van der Waals surface area contributed by atoms with E-state index in [0.717, 1.165) is 28.4 Å². The van der Waals surface area contributed by atoms with Crippen molar-refractivity contribution in [3.05, 3.63) is 47.2 Å². The molecule has 2 aromatic rings. The number of fused-ring (bicyclic) bond motifs is 1. The van der Waals surface area contributed by atoms with Crippen LogP contribution in [0.25, 0.3) is 0 Å². The molecule has 3 rings (SSSR count). The highest BCUT2D eigenvalue weighted by Crippen LogP contribution is 2.39. The number of carboxylic acids is 1. The van der Waals surface area contributed by atoms with Gasteiger partial charge in [-0.05, 0) is 24.0 Å².